The molecule has 1 saturated heterocycles. The summed E-state index contributed by atoms with van der Waals surface area (Å²) in [6, 6.07) is 5.03. The summed E-state index contributed by atoms with van der Waals surface area (Å²) in [4.78, 5) is 34.6. The summed E-state index contributed by atoms with van der Waals surface area (Å²) in [6.07, 6.45) is 11.3. The van der Waals surface area contributed by atoms with E-state index in [0.29, 0.717) is 43.0 Å². The number of carbonyl (C=O) groups excluding carboxylic acids is 2. The zero-order chi connectivity index (χ0) is 43.9. The summed E-state index contributed by atoms with van der Waals surface area (Å²) in [5.74, 6) is 2.41. The summed E-state index contributed by atoms with van der Waals surface area (Å²) in [5, 5.41) is 8.65. The maximum absolute atomic E-state index is 14.5. The van der Waals surface area contributed by atoms with Crippen LogP contribution in [-0.2, 0) is 9.53 Å². The molecule has 4 rings (SSSR count). The number of amides is 1. The lowest BCUT2D eigenvalue weighted by molar-refractivity contribution is -0.138. The molecule has 2 fully saturated rings. The van der Waals surface area contributed by atoms with Crippen LogP contribution in [0.25, 0.3) is 5.82 Å². The van der Waals surface area contributed by atoms with Gasteiger partial charge in [-0.05, 0) is 132 Å². The smallest absolute Gasteiger partial charge is 0.293 e. The van der Waals surface area contributed by atoms with Crippen molar-refractivity contribution in [1.29, 1.82) is 0 Å². The predicted molar refractivity (Wildman–Crippen MR) is 238 cm³/mol. The molecule has 1 aliphatic heterocycles. The Balaban J connectivity index is 0.00000116. The number of alkyl halides is 1. The summed E-state index contributed by atoms with van der Waals surface area (Å²) in [5.41, 5.74) is 0.0160. The van der Waals surface area contributed by atoms with Gasteiger partial charge in [0.2, 0.25) is 5.88 Å². The van der Waals surface area contributed by atoms with Gasteiger partial charge in [0, 0.05) is 54.7 Å². The molecule has 58 heavy (non-hydrogen) atoms. The lowest BCUT2D eigenvalue weighted by Crippen LogP contribution is -2.34. The largest absolute Gasteiger partial charge is 0.477 e. The molecule has 3 heterocycles. The van der Waals surface area contributed by atoms with Gasteiger partial charge in [-0.3, -0.25) is 19.3 Å². The summed E-state index contributed by atoms with van der Waals surface area (Å²) < 4.78 is 29.3. The third-order valence-corrected chi connectivity index (χ3v) is 12.0. The van der Waals surface area contributed by atoms with Crippen LogP contribution in [0.4, 0.5) is 4.39 Å². The fraction of sp³-hybridized carbons (Fsp3) is 0.659. The number of ether oxygens (including phenoxy) is 2. The van der Waals surface area contributed by atoms with Crippen LogP contribution in [0.1, 0.15) is 139 Å². The van der Waals surface area contributed by atoms with Crippen LogP contribution in [0.5, 0.6) is 5.88 Å². The molecule has 2 aliphatic rings. The number of nitrogens with zero attached hydrogens (tertiary/aromatic N) is 5. The number of likely N-dealkylation sites (tertiary alicyclic amines) is 1. The first-order valence-electron chi connectivity index (χ1n) is 20.6. The molecule has 2 atom stereocenters. The zero-order valence-corrected chi connectivity index (χ0v) is 39.2. The number of hydrogen-bond donors (Lipinski definition) is 2. The minimum Gasteiger partial charge on any atom is -0.477 e. The number of hydrogen-bond acceptors (Lipinski definition) is 9. The van der Waals surface area contributed by atoms with Gasteiger partial charge in [0.1, 0.15) is 22.3 Å². The molecule has 0 aromatic carbocycles. The number of pyridine rings is 1. The van der Waals surface area contributed by atoms with Crippen molar-refractivity contribution >= 4 is 41.8 Å². The summed E-state index contributed by atoms with van der Waals surface area (Å²) in [6.45, 7) is 28.4. The molecule has 14 heteroatoms. The fourth-order valence-corrected chi connectivity index (χ4v) is 7.53. The Labute approximate surface area is 357 Å². The first-order valence-corrected chi connectivity index (χ1v) is 21.8. The van der Waals surface area contributed by atoms with Gasteiger partial charge in [-0.1, -0.05) is 50.1 Å². The molecule has 1 saturated carbocycles. The maximum Gasteiger partial charge on any atom is 0.293 e. The van der Waals surface area contributed by atoms with Crippen molar-refractivity contribution in [3.05, 3.63) is 57.9 Å². The molecular formula is C44H71ClFN7O4S. The van der Waals surface area contributed by atoms with E-state index in [0.717, 1.165) is 49.6 Å². The van der Waals surface area contributed by atoms with Gasteiger partial charge in [0.25, 0.3) is 12.4 Å². The van der Waals surface area contributed by atoms with Crippen molar-refractivity contribution in [2.45, 2.75) is 145 Å². The highest BCUT2D eigenvalue weighted by atomic mass is 35.5. The zero-order valence-electron chi connectivity index (χ0n) is 37.6. The average Bonchev–Trinajstić information content (AvgIpc) is 3.74. The Bertz CT molecular complexity index is 1710. The number of halogens is 2. The minimum atomic E-state index is -1.22. The number of aliphatic imine (C=N–C) groups is 1. The number of nitrogens with one attached hydrogen (secondary N) is 2. The number of amidine groups is 1. The molecular weight excluding hydrogens is 777 g/mol. The molecule has 0 radical (unpaired) electrons. The van der Waals surface area contributed by atoms with E-state index in [4.69, 9.17) is 21.3 Å². The van der Waals surface area contributed by atoms with Gasteiger partial charge in [-0.15, -0.1) is 5.10 Å². The second-order valence-electron chi connectivity index (χ2n) is 17.0. The molecule has 11 nitrogen and oxygen atoms in total. The van der Waals surface area contributed by atoms with E-state index >= 15 is 0 Å². The van der Waals surface area contributed by atoms with Crippen LogP contribution in [-0.4, -0.2) is 81.4 Å². The Morgan fingerprint density at radius 2 is 1.83 bits per heavy atom. The van der Waals surface area contributed by atoms with Gasteiger partial charge >= 0.3 is 0 Å². The molecule has 2 aromatic heterocycles. The average molecular weight is 849 g/mol. The van der Waals surface area contributed by atoms with Crippen LogP contribution in [0.2, 0.25) is 5.15 Å². The van der Waals surface area contributed by atoms with Crippen molar-refractivity contribution < 1.29 is 23.5 Å². The van der Waals surface area contributed by atoms with E-state index in [1.807, 2.05) is 47.6 Å². The number of aromatic nitrogens is 3. The Morgan fingerprint density at radius 3 is 2.31 bits per heavy atom. The highest BCUT2D eigenvalue weighted by molar-refractivity contribution is 8.01. The lowest BCUT2D eigenvalue weighted by Gasteiger charge is -2.26. The van der Waals surface area contributed by atoms with Crippen molar-refractivity contribution in [2.75, 3.05) is 26.7 Å². The summed E-state index contributed by atoms with van der Waals surface area (Å²) >= 11 is 7.64. The molecule has 0 spiro atoms. The molecule has 326 valence electrons. The van der Waals surface area contributed by atoms with Crippen molar-refractivity contribution in [3.63, 3.8) is 0 Å². The van der Waals surface area contributed by atoms with Gasteiger partial charge < -0.3 is 19.7 Å². The van der Waals surface area contributed by atoms with Crippen molar-refractivity contribution in [3.8, 4) is 11.7 Å². The van der Waals surface area contributed by atoms with Crippen LogP contribution in [0, 0.1) is 17.3 Å². The van der Waals surface area contributed by atoms with E-state index in [2.05, 4.69) is 77.5 Å². The van der Waals surface area contributed by atoms with E-state index in [-0.39, 0.29) is 33.2 Å². The fourth-order valence-electron chi connectivity index (χ4n) is 6.70. The predicted octanol–water partition coefficient (Wildman–Crippen LogP) is 10.5. The quantitative estimate of drug-likeness (QED) is 0.0400. The summed E-state index contributed by atoms with van der Waals surface area (Å²) in [7, 11) is 2.22. The highest BCUT2D eigenvalue weighted by Gasteiger charge is 2.54. The molecule has 1 aliphatic carbocycles. The number of rotatable bonds is 17. The second kappa shape index (κ2) is 22.8. The number of carbonyl (C=O) groups is 2. The van der Waals surface area contributed by atoms with E-state index in [1.54, 1.807) is 38.2 Å². The van der Waals surface area contributed by atoms with E-state index in [9.17, 15) is 14.0 Å². The molecule has 2 unspecified atom stereocenters. The van der Waals surface area contributed by atoms with Gasteiger partial charge in [-0.25, -0.2) is 14.1 Å². The number of allylic oxidation sites excluding steroid dienone is 2. The molecule has 2 aromatic rings. The SMILES string of the molecule is C/C=C(\NC(CC)=NCC(CC1CN(C)C(C)(C)C1)/C(C)=C/C)SNC(=O)c1ccc(-n2ccc(OCCC3(C(C)(C)F)CC3)n2)nc1Cl.CC.CC(C)(C)OC=O. The topological polar surface area (TPSA) is 123 Å². The monoisotopic (exact) mass is 847 g/mol. The maximum atomic E-state index is 14.5. The molecule has 0 bridgehead atoms. The minimum absolute atomic E-state index is 0.0578. The van der Waals surface area contributed by atoms with Gasteiger partial charge in [0.05, 0.1) is 17.2 Å². The molecule has 1 amide bonds. The van der Waals surface area contributed by atoms with Crippen LogP contribution < -0.4 is 14.8 Å². The highest BCUT2D eigenvalue weighted by Crippen LogP contribution is 2.58. The normalized spacial score (nSPS) is 18.6. The molecule has 2 N–H and O–H groups in total. The Morgan fingerprint density at radius 1 is 1.16 bits per heavy atom. The standard InChI is InChI=1S/C37H55ClFN7O2S.C5H10O2.C2H6/c1-10-25(4)27(21-26-22-35(5,6)45(9)24-26)23-40-29(11-2)41-32(12-3)49-44-34(47)28-13-14-30(42-33(28)38)46-19-15-31(43-46)48-20-18-37(16-17-37)36(7,8)39;1-5(2,3)7-4-6;1-2/h10,12-15,19,26-27H,11,16-18,20-24H2,1-9H3,(H,40,41)(H,44,47);4H,1-3H3;1-2H3/b25-10+,32-12+;;. The van der Waals surface area contributed by atoms with Gasteiger partial charge in [-0.2, -0.15) is 0 Å². The third kappa shape index (κ3) is 15.6. The van der Waals surface area contributed by atoms with Gasteiger partial charge in [0.15, 0.2) is 5.82 Å². The van der Waals surface area contributed by atoms with Crippen molar-refractivity contribution in [1.82, 2.24) is 29.7 Å². The van der Waals surface area contributed by atoms with Crippen LogP contribution in [0.3, 0.4) is 0 Å². The van der Waals surface area contributed by atoms with E-state index < -0.39 is 5.67 Å². The Hall–Kier alpha value is -3.42. The van der Waals surface area contributed by atoms with Crippen molar-refractivity contribution in [2.24, 2.45) is 22.2 Å². The van der Waals surface area contributed by atoms with E-state index in [1.165, 1.54) is 28.6 Å². The third-order valence-electron chi connectivity index (χ3n) is 10.9. The van der Waals surface area contributed by atoms with Crippen LogP contribution >= 0.6 is 23.5 Å². The first kappa shape index (κ1) is 50.7. The van der Waals surface area contributed by atoms with Crippen LogP contribution in [0.15, 0.2) is 52.1 Å². The lowest BCUT2D eigenvalue weighted by atomic mass is 9.85. The first-order chi connectivity index (χ1) is 27.2. The second-order valence-corrected chi connectivity index (χ2v) is 18.2. The Kier molecular flexibility index (Phi) is 20.0.